The molecule has 0 aliphatic carbocycles. The highest BCUT2D eigenvalue weighted by molar-refractivity contribution is 6.06. The van der Waals surface area contributed by atoms with Crippen LogP contribution in [-0.2, 0) is 0 Å². The number of carbonyl (C=O) groups excluding carboxylic acids is 1. The van der Waals surface area contributed by atoms with Crippen molar-refractivity contribution in [2.45, 2.75) is 6.92 Å². The zero-order valence-corrected chi connectivity index (χ0v) is 14.2. The fraction of sp³-hybridized carbons (Fsp3) is 0.158. The molecule has 0 aliphatic rings. The largest absolute Gasteiger partial charge is 0.497 e. The Morgan fingerprint density at radius 2 is 1.84 bits per heavy atom. The summed E-state index contributed by atoms with van der Waals surface area (Å²) in [5.41, 5.74) is 2.22. The molecule has 3 aromatic rings. The minimum absolute atomic E-state index is 0.125. The lowest BCUT2D eigenvalue weighted by Gasteiger charge is -2.12. The minimum Gasteiger partial charge on any atom is -0.497 e. The molecule has 3 rings (SSSR count). The Bertz CT molecular complexity index is 1010. The summed E-state index contributed by atoms with van der Waals surface area (Å²) >= 11 is 0. The quantitative estimate of drug-likeness (QED) is 0.766. The first kappa shape index (κ1) is 16.6. The number of nitrogens with one attached hydrogen (secondary N) is 2. The second-order valence-electron chi connectivity index (χ2n) is 5.60. The smallest absolute Gasteiger partial charge is 0.255 e. The lowest BCUT2D eigenvalue weighted by atomic mass is 10.1. The van der Waals surface area contributed by atoms with Crippen LogP contribution in [-0.4, -0.2) is 25.1 Å². The SMILES string of the molecule is COc1ccc(OC)c(NC(=O)c2ccc3[nH]c(C)cc(=O)c3c2)c1. The van der Waals surface area contributed by atoms with Gasteiger partial charge in [-0.3, -0.25) is 9.59 Å². The topological polar surface area (TPSA) is 80.4 Å². The molecule has 0 unspecified atom stereocenters. The number of pyridine rings is 1. The third kappa shape index (κ3) is 3.33. The highest BCUT2D eigenvalue weighted by Gasteiger charge is 2.12. The third-order valence-electron chi connectivity index (χ3n) is 3.88. The molecule has 6 nitrogen and oxygen atoms in total. The lowest BCUT2D eigenvalue weighted by Crippen LogP contribution is -2.14. The van der Waals surface area contributed by atoms with Gasteiger partial charge in [0.1, 0.15) is 11.5 Å². The van der Waals surface area contributed by atoms with Crippen LogP contribution in [0, 0.1) is 6.92 Å². The standard InChI is InChI=1S/C19H18N2O4/c1-11-8-17(22)14-9-12(4-6-15(14)20-11)19(23)21-16-10-13(24-2)5-7-18(16)25-3/h4-10H,1-3H3,(H,20,22)(H,21,23). The van der Waals surface area contributed by atoms with Crippen molar-refractivity contribution in [3.63, 3.8) is 0 Å². The summed E-state index contributed by atoms with van der Waals surface area (Å²) in [6.45, 7) is 1.82. The van der Waals surface area contributed by atoms with Crippen molar-refractivity contribution in [3.05, 3.63) is 63.9 Å². The molecule has 0 saturated heterocycles. The molecule has 1 aromatic heterocycles. The molecule has 0 fully saturated rings. The van der Waals surface area contributed by atoms with E-state index in [1.54, 1.807) is 43.5 Å². The number of H-pyrrole nitrogens is 1. The van der Waals surface area contributed by atoms with E-state index in [0.717, 1.165) is 5.69 Å². The number of aryl methyl sites for hydroxylation is 1. The Labute approximate surface area is 144 Å². The maximum atomic E-state index is 12.6. The van der Waals surface area contributed by atoms with Crippen LogP contribution in [0.5, 0.6) is 11.5 Å². The number of rotatable bonds is 4. The molecular formula is C19H18N2O4. The van der Waals surface area contributed by atoms with Crippen molar-refractivity contribution in [1.82, 2.24) is 4.98 Å². The maximum Gasteiger partial charge on any atom is 0.255 e. The number of aromatic nitrogens is 1. The fourth-order valence-electron chi connectivity index (χ4n) is 2.63. The summed E-state index contributed by atoms with van der Waals surface area (Å²) in [6, 6.07) is 11.6. The molecule has 6 heteroatoms. The van der Waals surface area contributed by atoms with Gasteiger partial charge in [0.25, 0.3) is 5.91 Å². The Balaban J connectivity index is 1.96. The number of benzene rings is 2. The van der Waals surface area contributed by atoms with Gasteiger partial charge in [0.2, 0.25) is 0 Å². The number of hydrogen-bond acceptors (Lipinski definition) is 4. The highest BCUT2D eigenvalue weighted by Crippen LogP contribution is 2.29. The van der Waals surface area contributed by atoms with Gasteiger partial charge in [-0.25, -0.2) is 0 Å². The highest BCUT2D eigenvalue weighted by atomic mass is 16.5. The monoisotopic (exact) mass is 338 g/mol. The average molecular weight is 338 g/mol. The van der Waals surface area contributed by atoms with E-state index in [0.29, 0.717) is 33.7 Å². The van der Waals surface area contributed by atoms with Gasteiger partial charge in [-0.15, -0.1) is 0 Å². The number of ether oxygens (including phenoxy) is 2. The second kappa shape index (κ2) is 6.68. The summed E-state index contributed by atoms with van der Waals surface area (Å²) in [5.74, 6) is 0.776. The number of methoxy groups -OCH3 is 2. The van der Waals surface area contributed by atoms with Crippen LogP contribution in [0.25, 0.3) is 10.9 Å². The van der Waals surface area contributed by atoms with E-state index >= 15 is 0 Å². The predicted octanol–water partition coefficient (Wildman–Crippen LogP) is 3.11. The van der Waals surface area contributed by atoms with Gasteiger partial charge in [-0.05, 0) is 37.3 Å². The summed E-state index contributed by atoms with van der Waals surface area (Å²) in [6.07, 6.45) is 0. The molecule has 1 amide bonds. The Hall–Kier alpha value is -3.28. The van der Waals surface area contributed by atoms with Crippen molar-refractivity contribution in [2.24, 2.45) is 0 Å². The number of aromatic amines is 1. The van der Waals surface area contributed by atoms with Crippen molar-refractivity contribution in [2.75, 3.05) is 19.5 Å². The van der Waals surface area contributed by atoms with Crippen molar-refractivity contribution in [3.8, 4) is 11.5 Å². The number of carbonyl (C=O) groups is 1. The zero-order valence-electron chi connectivity index (χ0n) is 14.2. The molecule has 0 bridgehead atoms. The lowest BCUT2D eigenvalue weighted by molar-refractivity contribution is 0.102. The van der Waals surface area contributed by atoms with E-state index < -0.39 is 0 Å². The Morgan fingerprint density at radius 3 is 2.56 bits per heavy atom. The maximum absolute atomic E-state index is 12.6. The van der Waals surface area contributed by atoms with Crippen LogP contribution in [0.1, 0.15) is 16.1 Å². The van der Waals surface area contributed by atoms with E-state index in [1.807, 2.05) is 6.92 Å². The van der Waals surface area contributed by atoms with E-state index in [1.165, 1.54) is 13.2 Å². The van der Waals surface area contributed by atoms with E-state index in [4.69, 9.17) is 9.47 Å². The first-order valence-electron chi connectivity index (χ1n) is 7.69. The Kier molecular flexibility index (Phi) is 4.43. The van der Waals surface area contributed by atoms with Gasteiger partial charge in [-0.2, -0.15) is 0 Å². The predicted molar refractivity (Wildman–Crippen MR) is 96.8 cm³/mol. The molecule has 0 saturated carbocycles. The van der Waals surface area contributed by atoms with Crippen LogP contribution in [0.4, 0.5) is 5.69 Å². The van der Waals surface area contributed by atoms with Gasteiger partial charge in [0, 0.05) is 34.3 Å². The van der Waals surface area contributed by atoms with Crippen LogP contribution in [0.15, 0.2) is 47.3 Å². The summed E-state index contributed by atoms with van der Waals surface area (Å²) in [4.78, 5) is 27.8. The van der Waals surface area contributed by atoms with Gasteiger partial charge in [-0.1, -0.05) is 0 Å². The van der Waals surface area contributed by atoms with Crippen molar-refractivity contribution in [1.29, 1.82) is 0 Å². The minimum atomic E-state index is -0.339. The zero-order chi connectivity index (χ0) is 18.0. The molecule has 2 N–H and O–H groups in total. The molecule has 0 radical (unpaired) electrons. The van der Waals surface area contributed by atoms with Gasteiger partial charge in [0.15, 0.2) is 5.43 Å². The molecule has 0 atom stereocenters. The van der Waals surface area contributed by atoms with Crippen LogP contribution in [0.2, 0.25) is 0 Å². The van der Waals surface area contributed by atoms with Gasteiger partial charge in [0.05, 0.1) is 19.9 Å². The molecule has 2 aromatic carbocycles. The fourth-order valence-corrected chi connectivity index (χ4v) is 2.63. The summed E-state index contributed by atoms with van der Waals surface area (Å²) < 4.78 is 10.4. The second-order valence-corrected chi connectivity index (χ2v) is 5.60. The van der Waals surface area contributed by atoms with Crippen molar-refractivity contribution >= 4 is 22.5 Å². The first-order valence-corrected chi connectivity index (χ1v) is 7.69. The molecular weight excluding hydrogens is 320 g/mol. The number of anilines is 1. The van der Waals surface area contributed by atoms with Gasteiger partial charge >= 0.3 is 0 Å². The van der Waals surface area contributed by atoms with E-state index in [-0.39, 0.29) is 11.3 Å². The average Bonchev–Trinajstić information content (AvgIpc) is 2.61. The first-order chi connectivity index (χ1) is 12.0. The molecule has 25 heavy (non-hydrogen) atoms. The Morgan fingerprint density at radius 1 is 1.04 bits per heavy atom. The molecule has 0 spiro atoms. The van der Waals surface area contributed by atoms with Crippen LogP contribution < -0.4 is 20.2 Å². The normalized spacial score (nSPS) is 10.5. The number of hydrogen-bond donors (Lipinski definition) is 2. The summed E-state index contributed by atoms with van der Waals surface area (Å²) in [7, 11) is 3.07. The molecule has 0 aliphatic heterocycles. The third-order valence-corrected chi connectivity index (χ3v) is 3.88. The molecule has 1 heterocycles. The van der Waals surface area contributed by atoms with Crippen LogP contribution in [0.3, 0.4) is 0 Å². The van der Waals surface area contributed by atoms with Crippen LogP contribution >= 0.6 is 0 Å². The van der Waals surface area contributed by atoms with Crippen molar-refractivity contribution < 1.29 is 14.3 Å². The van der Waals surface area contributed by atoms with E-state index in [2.05, 4.69) is 10.3 Å². The van der Waals surface area contributed by atoms with Gasteiger partial charge < -0.3 is 19.8 Å². The number of fused-ring (bicyclic) bond motifs is 1. The van der Waals surface area contributed by atoms with E-state index in [9.17, 15) is 9.59 Å². The summed E-state index contributed by atoms with van der Waals surface area (Å²) in [5, 5.41) is 3.26. The number of amides is 1. The molecule has 128 valence electrons.